The van der Waals surface area contributed by atoms with Crippen LogP contribution in [-0.4, -0.2) is 14.6 Å². The first-order chi connectivity index (χ1) is 8.57. The number of fused-ring (bicyclic) bond motifs is 1. The lowest BCUT2D eigenvalue weighted by atomic mass is 10.1. The van der Waals surface area contributed by atoms with Crippen LogP contribution in [0.15, 0.2) is 29.1 Å². The van der Waals surface area contributed by atoms with Crippen LogP contribution >= 0.6 is 0 Å². The molecule has 0 aliphatic rings. The number of hydrogen-bond acceptors (Lipinski definition) is 4. The molecule has 0 aliphatic heterocycles. The molecule has 0 amide bonds. The highest BCUT2D eigenvalue weighted by Crippen LogP contribution is 2.30. The molecule has 1 aromatic heterocycles. The van der Waals surface area contributed by atoms with Gasteiger partial charge in [0.2, 0.25) is 5.75 Å². The summed E-state index contributed by atoms with van der Waals surface area (Å²) in [5, 5.41) is 20.8. The Bertz CT molecular complexity index is 740. The summed E-state index contributed by atoms with van der Waals surface area (Å²) in [4.78, 5) is 21.8. The van der Waals surface area contributed by atoms with Crippen molar-refractivity contribution in [3.63, 3.8) is 0 Å². The van der Waals surface area contributed by atoms with E-state index in [1.165, 1.54) is 6.07 Å². The molecular formula is C12H8N2O4. The van der Waals surface area contributed by atoms with Crippen LogP contribution in [0.3, 0.4) is 0 Å². The minimum absolute atomic E-state index is 0.0968. The Hall–Kier alpha value is -2.81. The van der Waals surface area contributed by atoms with Crippen molar-refractivity contribution in [1.82, 2.24) is 4.57 Å². The number of nitrogens with zero attached hydrogens (tertiary/aromatic N) is 2. The smallest absolute Gasteiger partial charge is 0.375 e. The molecule has 1 aromatic carbocycles. The topological polar surface area (TPSA) is 85.4 Å². The lowest BCUT2D eigenvalue weighted by Crippen LogP contribution is -2.22. The Morgan fingerprint density at radius 2 is 2.11 bits per heavy atom. The molecule has 2 rings (SSSR count). The van der Waals surface area contributed by atoms with Crippen molar-refractivity contribution in [2.45, 2.75) is 6.54 Å². The molecule has 0 saturated heterocycles. The average Bonchev–Trinajstić information content (AvgIpc) is 2.34. The molecule has 0 spiro atoms. The third-order valence-corrected chi connectivity index (χ3v) is 2.55. The van der Waals surface area contributed by atoms with Gasteiger partial charge >= 0.3 is 11.2 Å². The van der Waals surface area contributed by atoms with Crippen molar-refractivity contribution in [1.29, 1.82) is 0 Å². The van der Waals surface area contributed by atoms with Gasteiger partial charge in [0.05, 0.1) is 17.0 Å². The van der Waals surface area contributed by atoms with Gasteiger partial charge < -0.3 is 5.11 Å². The molecular weight excluding hydrogens is 236 g/mol. The second-order valence-electron chi connectivity index (χ2n) is 3.57. The predicted octanol–water partition coefficient (Wildman–Crippen LogP) is 1.25. The van der Waals surface area contributed by atoms with E-state index < -0.39 is 21.9 Å². The number of aromatic nitrogens is 1. The van der Waals surface area contributed by atoms with Gasteiger partial charge in [-0.3, -0.25) is 19.5 Å². The second-order valence-corrected chi connectivity index (χ2v) is 3.57. The number of hydrogen-bond donors (Lipinski definition) is 1. The van der Waals surface area contributed by atoms with Crippen molar-refractivity contribution < 1.29 is 10.0 Å². The second kappa shape index (κ2) is 4.22. The largest absolute Gasteiger partial charge is 0.501 e. The fourth-order valence-corrected chi connectivity index (χ4v) is 1.79. The third-order valence-electron chi connectivity index (χ3n) is 2.55. The van der Waals surface area contributed by atoms with Crippen molar-refractivity contribution in [3.05, 3.63) is 44.7 Å². The molecule has 1 N–H and O–H groups in total. The Balaban J connectivity index is 3.02. The summed E-state index contributed by atoms with van der Waals surface area (Å²) in [7, 11) is 0. The lowest BCUT2D eigenvalue weighted by molar-refractivity contribution is -0.387. The highest BCUT2D eigenvalue weighted by molar-refractivity contribution is 5.88. The van der Waals surface area contributed by atoms with Gasteiger partial charge in [-0.1, -0.05) is 18.1 Å². The van der Waals surface area contributed by atoms with E-state index in [2.05, 4.69) is 5.92 Å². The molecule has 2 aromatic rings. The van der Waals surface area contributed by atoms with Gasteiger partial charge in [-0.15, -0.1) is 6.42 Å². The van der Waals surface area contributed by atoms with Crippen molar-refractivity contribution in [3.8, 4) is 18.1 Å². The van der Waals surface area contributed by atoms with Crippen LogP contribution < -0.4 is 5.56 Å². The van der Waals surface area contributed by atoms with E-state index in [1.54, 1.807) is 18.2 Å². The average molecular weight is 244 g/mol. The molecule has 18 heavy (non-hydrogen) atoms. The van der Waals surface area contributed by atoms with Gasteiger partial charge in [-0.2, -0.15) is 0 Å². The van der Waals surface area contributed by atoms with Crippen LogP contribution in [0.2, 0.25) is 0 Å². The number of benzene rings is 1. The van der Waals surface area contributed by atoms with E-state index in [0.717, 1.165) is 4.57 Å². The van der Waals surface area contributed by atoms with Gasteiger partial charge in [-0.05, 0) is 12.1 Å². The summed E-state index contributed by atoms with van der Waals surface area (Å²) < 4.78 is 1.09. The molecule has 0 bridgehead atoms. The van der Waals surface area contributed by atoms with Crippen molar-refractivity contribution in [2.24, 2.45) is 0 Å². The standard InChI is InChI=1S/C12H8N2O4/c1-2-7-13-9-6-4-3-5-8(9)11(15)10(12(13)16)14(17)18/h1,3-6,15H,7H2. The molecule has 0 unspecified atom stereocenters. The fraction of sp³-hybridized carbons (Fsp3) is 0.0833. The van der Waals surface area contributed by atoms with E-state index in [0.29, 0.717) is 5.52 Å². The van der Waals surface area contributed by atoms with E-state index in [4.69, 9.17) is 6.42 Å². The van der Waals surface area contributed by atoms with Crippen LogP contribution in [0.25, 0.3) is 10.9 Å². The van der Waals surface area contributed by atoms with Crippen molar-refractivity contribution >= 4 is 16.6 Å². The molecule has 6 heteroatoms. The molecule has 0 radical (unpaired) electrons. The van der Waals surface area contributed by atoms with Crippen LogP contribution in [0.5, 0.6) is 5.75 Å². The van der Waals surface area contributed by atoms with E-state index in [-0.39, 0.29) is 11.9 Å². The maximum Gasteiger partial charge on any atom is 0.375 e. The minimum atomic E-state index is -0.908. The first-order valence-corrected chi connectivity index (χ1v) is 5.00. The summed E-state index contributed by atoms with van der Waals surface area (Å²) in [5.41, 5.74) is -1.40. The molecule has 0 atom stereocenters. The zero-order chi connectivity index (χ0) is 13.3. The normalized spacial score (nSPS) is 10.2. The van der Waals surface area contributed by atoms with Gasteiger partial charge in [-0.25, -0.2) is 0 Å². The molecule has 0 saturated carbocycles. The molecule has 0 aliphatic carbocycles. The summed E-state index contributed by atoms with van der Waals surface area (Å²) >= 11 is 0. The first-order valence-electron chi connectivity index (χ1n) is 5.00. The van der Waals surface area contributed by atoms with E-state index in [1.807, 2.05) is 0 Å². The van der Waals surface area contributed by atoms with Gasteiger partial charge in [0.25, 0.3) is 0 Å². The fourth-order valence-electron chi connectivity index (χ4n) is 1.79. The maximum absolute atomic E-state index is 11.9. The Kier molecular flexibility index (Phi) is 2.73. The molecule has 1 heterocycles. The van der Waals surface area contributed by atoms with Crippen LogP contribution in [-0.2, 0) is 6.54 Å². The van der Waals surface area contributed by atoms with Gasteiger partial charge in [0.15, 0.2) is 0 Å². The van der Waals surface area contributed by atoms with Crippen LogP contribution in [0, 0.1) is 22.5 Å². The summed E-state index contributed by atoms with van der Waals surface area (Å²) in [6.45, 7) is -0.0968. The molecule has 0 fully saturated rings. The Morgan fingerprint density at radius 3 is 2.72 bits per heavy atom. The van der Waals surface area contributed by atoms with Gasteiger partial charge in [0.1, 0.15) is 0 Å². The number of aromatic hydroxyl groups is 1. The summed E-state index contributed by atoms with van der Waals surface area (Å²) in [6.07, 6.45) is 5.14. The lowest BCUT2D eigenvalue weighted by Gasteiger charge is -2.08. The zero-order valence-electron chi connectivity index (χ0n) is 9.16. The molecule has 6 nitrogen and oxygen atoms in total. The highest BCUT2D eigenvalue weighted by Gasteiger charge is 2.24. The summed E-state index contributed by atoms with van der Waals surface area (Å²) in [5.74, 6) is 1.63. The van der Waals surface area contributed by atoms with Crippen LogP contribution in [0.1, 0.15) is 0 Å². The number of pyridine rings is 1. The highest BCUT2D eigenvalue weighted by atomic mass is 16.6. The third kappa shape index (κ3) is 1.58. The number of terminal acetylenes is 1. The zero-order valence-corrected chi connectivity index (χ0v) is 9.16. The van der Waals surface area contributed by atoms with Gasteiger partial charge in [0, 0.05) is 5.39 Å². The Labute approximate surface area is 101 Å². The number of nitro groups is 1. The van der Waals surface area contributed by atoms with Crippen LogP contribution in [0.4, 0.5) is 5.69 Å². The maximum atomic E-state index is 11.9. The Morgan fingerprint density at radius 1 is 1.44 bits per heavy atom. The quantitative estimate of drug-likeness (QED) is 0.489. The summed E-state index contributed by atoms with van der Waals surface area (Å²) in [6, 6.07) is 6.32. The monoisotopic (exact) mass is 244 g/mol. The number of rotatable bonds is 2. The van der Waals surface area contributed by atoms with E-state index >= 15 is 0 Å². The molecule has 90 valence electrons. The van der Waals surface area contributed by atoms with E-state index in [9.17, 15) is 20.0 Å². The number of para-hydroxylation sites is 1. The predicted molar refractivity (Wildman–Crippen MR) is 65.4 cm³/mol. The minimum Gasteiger partial charge on any atom is -0.501 e. The van der Waals surface area contributed by atoms with Crippen molar-refractivity contribution in [2.75, 3.05) is 0 Å². The SMILES string of the molecule is C#CCn1c(=O)c([N+](=O)[O-])c(O)c2ccccc21. The first kappa shape index (κ1) is 11.7.